The zero-order valence-corrected chi connectivity index (χ0v) is 24.3. The number of nitro benzene ring substituents is 1. The standard InChI is InChI=1S/C33H41NO6/c1-7-33(6,31(36)40-32(3,4)5)21-27(25-12-16-28(35)17-13-25)20-23(2)24-14-18-29(19-15-24)39-22-26-10-8-9-11-30(26)34(37)38/h8-19,23,27,35H,7,20-22H2,1-6H3. The molecule has 0 fully saturated rings. The van der Waals surface area contributed by atoms with Crippen LogP contribution in [0.2, 0.25) is 0 Å². The maximum atomic E-state index is 13.2. The molecular weight excluding hydrogens is 506 g/mol. The van der Waals surface area contributed by atoms with Crippen LogP contribution in [0.5, 0.6) is 11.5 Å². The summed E-state index contributed by atoms with van der Waals surface area (Å²) in [6.07, 6.45) is 2.06. The number of esters is 1. The van der Waals surface area contributed by atoms with E-state index in [1.165, 1.54) is 6.07 Å². The predicted octanol–water partition coefficient (Wildman–Crippen LogP) is 8.30. The number of carbonyl (C=O) groups is 1. The zero-order valence-electron chi connectivity index (χ0n) is 24.3. The maximum absolute atomic E-state index is 13.2. The Hall–Kier alpha value is -3.87. The molecule has 3 rings (SSSR count). The van der Waals surface area contributed by atoms with Crippen molar-refractivity contribution in [3.8, 4) is 11.5 Å². The molecule has 7 heteroatoms. The van der Waals surface area contributed by atoms with E-state index in [2.05, 4.69) is 6.92 Å². The van der Waals surface area contributed by atoms with Gasteiger partial charge < -0.3 is 14.6 Å². The molecule has 214 valence electrons. The quantitative estimate of drug-likeness (QED) is 0.139. The van der Waals surface area contributed by atoms with Crippen LogP contribution in [0, 0.1) is 15.5 Å². The Bertz CT molecular complexity index is 1280. The molecule has 3 aromatic carbocycles. The first kappa shape index (κ1) is 30.7. The normalized spacial score (nSPS) is 14.6. The number of hydrogen-bond acceptors (Lipinski definition) is 6. The van der Waals surface area contributed by atoms with E-state index in [1.54, 1.807) is 30.3 Å². The first-order valence-corrected chi connectivity index (χ1v) is 13.8. The number of phenolic OH excluding ortho intramolecular Hbond substituents is 1. The minimum atomic E-state index is -0.659. The highest BCUT2D eigenvalue weighted by molar-refractivity contribution is 5.76. The third-order valence-electron chi connectivity index (χ3n) is 7.40. The summed E-state index contributed by atoms with van der Waals surface area (Å²) in [5, 5.41) is 21.1. The summed E-state index contributed by atoms with van der Waals surface area (Å²) < 4.78 is 11.6. The van der Waals surface area contributed by atoms with Crippen molar-refractivity contribution < 1.29 is 24.3 Å². The lowest BCUT2D eigenvalue weighted by atomic mass is 9.73. The fourth-order valence-electron chi connectivity index (χ4n) is 4.83. The van der Waals surface area contributed by atoms with Crippen LogP contribution in [0.1, 0.15) is 89.3 Å². The van der Waals surface area contributed by atoms with Gasteiger partial charge in [0, 0.05) is 6.07 Å². The molecule has 0 heterocycles. The summed E-state index contributed by atoms with van der Waals surface area (Å²) in [6, 6.07) is 21.6. The van der Waals surface area contributed by atoms with Crippen LogP contribution in [0.3, 0.4) is 0 Å². The molecule has 0 bridgehead atoms. The second-order valence-corrected chi connectivity index (χ2v) is 11.8. The molecule has 40 heavy (non-hydrogen) atoms. The number of rotatable bonds is 12. The lowest BCUT2D eigenvalue weighted by molar-refractivity contribution is -0.385. The van der Waals surface area contributed by atoms with Crippen LogP contribution >= 0.6 is 0 Å². The lowest BCUT2D eigenvalue weighted by Gasteiger charge is -2.34. The van der Waals surface area contributed by atoms with Gasteiger partial charge >= 0.3 is 5.97 Å². The third kappa shape index (κ3) is 8.31. The second kappa shape index (κ2) is 13.0. The van der Waals surface area contributed by atoms with Crippen LogP contribution in [-0.2, 0) is 16.1 Å². The van der Waals surface area contributed by atoms with Gasteiger partial charge in [0.15, 0.2) is 0 Å². The SMILES string of the molecule is CCC(C)(CC(CC(C)c1ccc(OCc2ccccc2[N+](=O)[O-])cc1)c1ccc(O)cc1)C(=O)OC(C)(C)C. The molecule has 3 unspecified atom stereocenters. The Balaban J connectivity index is 1.76. The maximum Gasteiger partial charge on any atom is 0.312 e. The van der Waals surface area contributed by atoms with Gasteiger partial charge in [-0.05, 0) is 100 Å². The van der Waals surface area contributed by atoms with Gasteiger partial charge in [-0.2, -0.15) is 0 Å². The van der Waals surface area contributed by atoms with Gasteiger partial charge in [-0.15, -0.1) is 0 Å². The van der Waals surface area contributed by atoms with Gasteiger partial charge in [-0.3, -0.25) is 14.9 Å². The van der Waals surface area contributed by atoms with Gasteiger partial charge in [0.1, 0.15) is 23.7 Å². The fraction of sp³-hybridized carbons (Fsp3) is 0.424. The molecule has 0 amide bonds. The lowest BCUT2D eigenvalue weighted by Crippen LogP contribution is -2.36. The smallest absolute Gasteiger partial charge is 0.312 e. The molecule has 3 atom stereocenters. The number of carbonyl (C=O) groups excluding carboxylic acids is 1. The number of para-hydroxylation sites is 1. The van der Waals surface area contributed by atoms with Crippen molar-refractivity contribution >= 4 is 11.7 Å². The van der Waals surface area contributed by atoms with Crippen molar-refractivity contribution in [3.05, 3.63) is 99.6 Å². The molecule has 0 radical (unpaired) electrons. The van der Waals surface area contributed by atoms with Gasteiger partial charge in [-0.25, -0.2) is 0 Å². The van der Waals surface area contributed by atoms with Crippen molar-refractivity contribution in [3.63, 3.8) is 0 Å². The number of nitro groups is 1. The second-order valence-electron chi connectivity index (χ2n) is 11.8. The average molecular weight is 548 g/mol. The zero-order chi connectivity index (χ0) is 29.5. The van der Waals surface area contributed by atoms with Gasteiger partial charge in [-0.1, -0.05) is 50.2 Å². The van der Waals surface area contributed by atoms with Crippen LogP contribution in [-0.4, -0.2) is 21.6 Å². The fourth-order valence-corrected chi connectivity index (χ4v) is 4.83. The summed E-state index contributed by atoms with van der Waals surface area (Å²) in [6.45, 7) is 11.9. The molecule has 0 aliphatic heterocycles. The number of nitrogens with zero attached hydrogens (tertiary/aromatic N) is 1. The molecule has 1 N–H and O–H groups in total. The number of phenols is 1. The number of benzene rings is 3. The Morgan fingerprint density at radius 1 is 0.950 bits per heavy atom. The van der Waals surface area contributed by atoms with Crippen LogP contribution in [0.15, 0.2) is 72.8 Å². The third-order valence-corrected chi connectivity index (χ3v) is 7.40. The molecule has 0 aliphatic rings. The summed E-state index contributed by atoms with van der Waals surface area (Å²) in [7, 11) is 0. The number of ether oxygens (including phenoxy) is 2. The Morgan fingerprint density at radius 3 is 2.12 bits per heavy atom. The van der Waals surface area contributed by atoms with Crippen molar-refractivity contribution in [2.45, 2.75) is 84.8 Å². The highest BCUT2D eigenvalue weighted by atomic mass is 16.6. The first-order chi connectivity index (χ1) is 18.8. The van der Waals surface area contributed by atoms with Crippen molar-refractivity contribution in [1.82, 2.24) is 0 Å². The summed E-state index contributed by atoms with van der Waals surface area (Å²) in [4.78, 5) is 24.1. The molecule has 3 aromatic rings. The van der Waals surface area contributed by atoms with Crippen LogP contribution < -0.4 is 4.74 Å². The van der Waals surface area contributed by atoms with Crippen molar-refractivity contribution in [1.29, 1.82) is 0 Å². The van der Waals surface area contributed by atoms with E-state index in [1.807, 2.05) is 71.0 Å². The summed E-state index contributed by atoms with van der Waals surface area (Å²) in [5.41, 5.74) is 1.52. The predicted molar refractivity (Wildman–Crippen MR) is 157 cm³/mol. The van der Waals surface area contributed by atoms with E-state index in [0.717, 1.165) is 17.5 Å². The average Bonchev–Trinajstić information content (AvgIpc) is 2.91. The van der Waals surface area contributed by atoms with Crippen LogP contribution in [0.4, 0.5) is 5.69 Å². The molecule has 0 saturated heterocycles. The van der Waals surface area contributed by atoms with E-state index in [0.29, 0.717) is 24.2 Å². The van der Waals surface area contributed by atoms with Gasteiger partial charge in [0.2, 0.25) is 0 Å². The van der Waals surface area contributed by atoms with Gasteiger partial charge in [0.05, 0.1) is 15.9 Å². The van der Waals surface area contributed by atoms with Crippen LogP contribution in [0.25, 0.3) is 0 Å². The Labute approximate surface area is 237 Å². The van der Waals surface area contributed by atoms with E-state index >= 15 is 0 Å². The highest BCUT2D eigenvalue weighted by Crippen LogP contribution is 2.42. The molecule has 0 aromatic heterocycles. The largest absolute Gasteiger partial charge is 0.508 e. The van der Waals surface area contributed by atoms with Crippen molar-refractivity contribution in [2.24, 2.45) is 5.41 Å². The monoisotopic (exact) mass is 547 g/mol. The molecular formula is C33H41NO6. The van der Waals surface area contributed by atoms with Crippen molar-refractivity contribution in [2.75, 3.05) is 0 Å². The van der Waals surface area contributed by atoms with E-state index in [-0.39, 0.29) is 35.8 Å². The molecule has 0 spiro atoms. The Kier molecular flexibility index (Phi) is 9.96. The van der Waals surface area contributed by atoms with E-state index in [9.17, 15) is 20.0 Å². The van der Waals surface area contributed by atoms with E-state index in [4.69, 9.17) is 9.47 Å². The first-order valence-electron chi connectivity index (χ1n) is 13.8. The highest BCUT2D eigenvalue weighted by Gasteiger charge is 2.38. The number of aromatic hydroxyl groups is 1. The van der Waals surface area contributed by atoms with E-state index < -0.39 is 15.9 Å². The molecule has 0 aliphatic carbocycles. The minimum absolute atomic E-state index is 0.0403. The molecule has 7 nitrogen and oxygen atoms in total. The topological polar surface area (TPSA) is 98.9 Å². The Morgan fingerprint density at radius 2 is 1.55 bits per heavy atom. The molecule has 0 saturated carbocycles. The number of hydrogen-bond donors (Lipinski definition) is 1. The minimum Gasteiger partial charge on any atom is -0.508 e. The summed E-state index contributed by atoms with van der Waals surface area (Å²) >= 11 is 0. The van der Waals surface area contributed by atoms with Gasteiger partial charge in [0.25, 0.3) is 5.69 Å². The summed E-state index contributed by atoms with van der Waals surface area (Å²) in [5.74, 6) is 0.870.